The van der Waals surface area contributed by atoms with Gasteiger partial charge < -0.3 is 30.3 Å². The van der Waals surface area contributed by atoms with Gasteiger partial charge >= 0.3 is 5.97 Å². The maximum atomic E-state index is 13.3. The number of hydrogen-bond acceptors (Lipinski definition) is 10. The number of nitrogens with zero attached hydrogens (tertiary/aromatic N) is 1. The Balaban J connectivity index is 1.80. The van der Waals surface area contributed by atoms with Gasteiger partial charge in [-0.25, -0.2) is 10.1 Å². The van der Waals surface area contributed by atoms with Crippen molar-refractivity contribution in [3.05, 3.63) is 21.7 Å². The maximum absolute atomic E-state index is 13.3. The fourth-order valence-electron chi connectivity index (χ4n) is 5.54. The van der Waals surface area contributed by atoms with Gasteiger partial charge in [-0.1, -0.05) is 34.1 Å². The molecule has 3 rings (SSSR count). The maximum Gasteiger partial charge on any atom is 0.309 e. The Morgan fingerprint density at radius 2 is 1.98 bits per heavy atom. The zero-order chi connectivity index (χ0) is 31.5. The van der Waals surface area contributed by atoms with Gasteiger partial charge in [-0.2, -0.15) is 0 Å². The second kappa shape index (κ2) is 14.1. The van der Waals surface area contributed by atoms with Crippen molar-refractivity contribution in [3.63, 3.8) is 0 Å². The average molecular weight is 630 g/mol. The van der Waals surface area contributed by atoms with Crippen LogP contribution in [0.25, 0.3) is 6.08 Å². The Morgan fingerprint density at radius 3 is 2.64 bits per heavy atom. The molecular formula is C29H48N3O8PS. The fraction of sp³-hybridized carbons (Fsp3) is 0.759. The summed E-state index contributed by atoms with van der Waals surface area (Å²) in [5.41, 5.74) is 5.11. The molecule has 0 aromatic carbocycles. The Kier molecular flexibility index (Phi) is 11.7. The Labute approximate surface area is 252 Å². The summed E-state index contributed by atoms with van der Waals surface area (Å²) < 4.78 is 24.0. The molecule has 238 valence electrons. The molecule has 0 aliphatic carbocycles. The van der Waals surface area contributed by atoms with Crippen LogP contribution in [0.2, 0.25) is 0 Å². The van der Waals surface area contributed by atoms with Crippen molar-refractivity contribution < 1.29 is 38.7 Å². The molecule has 2 aliphatic rings. The van der Waals surface area contributed by atoms with Crippen molar-refractivity contribution in [2.75, 3.05) is 12.7 Å². The fourth-order valence-corrected chi connectivity index (χ4v) is 7.24. The van der Waals surface area contributed by atoms with Gasteiger partial charge in [0.2, 0.25) is 0 Å². The number of nitrogens with two attached hydrogens (primary N) is 1. The van der Waals surface area contributed by atoms with Gasteiger partial charge in [0.05, 0.1) is 54.1 Å². The monoisotopic (exact) mass is 629 g/mol. The summed E-state index contributed by atoms with van der Waals surface area (Å²) in [6.45, 7) is 10.9. The summed E-state index contributed by atoms with van der Waals surface area (Å²) in [5.74, 6) is -1.75. The summed E-state index contributed by atoms with van der Waals surface area (Å²) in [6.07, 6.45) is 1.20. The number of ether oxygens (including phenoxy) is 2. The number of epoxide rings is 1. The number of ketones is 1. The molecule has 1 aromatic heterocycles. The van der Waals surface area contributed by atoms with E-state index in [-0.39, 0.29) is 49.1 Å². The lowest BCUT2D eigenvalue weighted by Crippen LogP contribution is -2.45. The minimum Gasteiger partial charge on any atom is -0.458 e. The van der Waals surface area contributed by atoms with E-state index < -0.39 is 43.1 Å². The first kappa shape index (κ1) is 35.0. The number of Topliss-reactive ketones (excluding diaryl/α,β-unsaturated/α-hetero) is 1. The number of thiazole rings is 1. The Bertz CT molecular complexity index is 1190. The molecule has 13 heteroatoms. The van der Waals surface area contributed by atoms with Crippen molar-refractivity contribution in [1.82, 2.24) is 10.1 Å². The summed E-state index contributed by atoms with van der Waals surface area (Å²) in [7, 11) is -3.53. The summed E-state index contributed by atoms with van der Waals surface area (Å²) in [5, 5.41) is 26.9. The first-order valence-electron chi connectivity index (χ1n) is 14.7. The van der Waals surface area contributed by atoms with Gasteiger partial charge in [-0.15, -0.1) is 11.3 Å². The van der Waals surface area contributed by atoms with Gasteiger partial charge in [-0.3, -0.25) is 14.2 Å². The zero-order valence-electron chi connectivity index (χ0n) is 25.5. The van der Waals surface area contributed by atoms with Gasteiger partial charge in [0, 0.05) is 24.3 Å². The van der Waals surface area contributed by atoms with Crippen LogP contribution in [0.15, 0.2) is 11.0 Å². The van der Waals surface area contributed by atoms with Crippen LogP contribution < -0.4 is 10.8 Å². The molecule has 0 spiro atoms. The van der Waals surface area contributed by atoms with E-state index in [0.29, 0.717) is 17.1 Å². The minimum atomic E-state index is -3.53. The van der Waals surface area contributed by atoms with E-state index in [1.165, 1.54) is 11.3 Å². The molecule has 3 heterocycles. The summed E-state index contributed by atoms with van der Waals surface area (Å²) in [4.78, 5) is 40.8. The number of fused-ring (bicyclic) bond motifs is 1. The van der Waals surface area contributed by atoms with Crippen LogP contribution in [-0.4, -0.2) is 74.6 Å². The van der Waals surface area contributed by atoms with Crippen molar-refractivity contribution >= 4 is 36.7 Å². The Hall–Kier alpha value is -1.50. The highest BCUT2D eigenvalue weighted by atomic mass is 32.1. The molecule has 2 saturated heterocycles. The highest BCUT2D eigenvalue weighted by Gasteiger charge is 2.53. The second-order valence-electron chi connectivity index (χ2n) is 12.7. The van der Waals surface area contributed by atoms with Gasteiger partial charge in [0.1, 0.15) is 16.9 Å². The second-order valence-corrected chi connectivity index (χ2v) is 15.8. The van der Waals surface area contributed by atoms with E-state index in [1.807, 2.05) is 32.2 Å². The molecule has 0 radical (unpaired) electrons. The van der Waals surface area contributed by atoms with E-state index in [2.05, 4.69) is 10.1 Å². The smallest absolute Gasteiger partial charge is 0.309 e. The van der Waals surface area contributed by atoms with E-state index in [1.54, 1.807) is 20.8 Å². The minimum absolute atomic E-state index is 0.0283. The Morgan fingerprint density at radius 1 is 1.29 bits per heavy atom. The van der Waals surface area contributed by atoms with Crippen LogP contribution in [0.5, 0.6) is 0 Å². The number of carbonyl (C=O) groups is 2. The van der Waals surface area contributed by atoms with Gasteiger partial charge in [0.25, 0.3) is 7.52 Å². The van der Waals surface area contributed by atoms with Crippen LogP contribution in [0.1, 0.15) is 84.3 Å². The quantitative estimate of drug-likeness (QED) is 0.169. The molecule has 8 atom stereocenters. The largest absolute Gasteiger partial charge is 0.458 e. The number of aliphatic hydroxyl groups excluding tert-OH is 2. The predicted molar refractivity (Wildman–Crippen MR) is 162 cm³/mol. The van der Waals surface area contributed by atoms with E-state index >= 15 is 0 Å². The van der Waals surface area contributed by atoms with Crippen LogP contribution in [0.3, 0.4) is 0 Å². The molecule has 0 bridgehead atoms. The number of rotatable bonds is 7. The topological polar surface area (TPSA) is 185 Å². The van der Waals surface area contributed by atoms with Gasteiger partial charge in [0.15, 0.2) is 0 Å². The molecule has 0 saturated carbocycles. The summed E-state index contributed by atoms with van der Waals surface area (Å²) in [6, 6.07) is 0. The number of aromatic nitrogens is 1. The van der Waals surface area contributed by atoms with Gasteiger partial charge in [-0.05, 0) is 44.3 Å². The molecule has 1 unspecified atom stereocenters. The van der Waals surface area contributed by atoms with Crippen LogP contribution in [0.4, 0.5) is 0 Å². The van der Waals surface area contributed by atoms with Crippen molar-refractivity contribution in [3.8, 4) is 0 Å². The molecule has 11 nitrogen and oxygen atoms in total. The third-order valence-electron chi connectivity index (χ3n) is 8.77. The van der Waals surface area contributed by atoms with E-state index in [0.717, 1.165) is 24.8 Å². The van der Waals surface area contributed by atoms with Crippen LogP contribution in [-0.2, 0) is 30.2 Å². The average Bonchev–Trinajstić information content (AvgIpc) is 3.31. The predicted octanol–water partition coefficient (Wildman–Crippen LogP) is 3.40. The van der Waals surface area contributed by atoms with Crippen LogP contribution >= 0.6 is 18.9 Å². The first-order chi connectivity index (χ1) is 19.5. The van der Waals surface area contributed by atoms with Crippen molar-refractivity contribution in [2.45, 2.75) is 110 Å². The normalized spacial score (nSPS) is 34.8. The molecule has 0 amide bonds. The number of nitrogens with one attached hydrogen (secondary N) is 1. The third kappa shape index (κ3) is 9.01. The molecule has 2 aliphatic heterocycles. The lowest BCUT2D eigenvalue weighted by Gasteiger charge is -2.34. The SMILES string of the molecule is C/C(=C\c1csc(CNP(=O)(O)CCN)n1)[C@@H]1C[C@@H]2O[C@]2(C)CCC[C@H](C)[C@H](O)[C@@H](C)C(=O)C(C)(C)[C@@H](O)CC(=O)O1. The third-order valence-corrected chi connectivity index (χ3v) is 11.2. The molecule has 6 N–H and O–H groups in total. The number of cyclic esters (lactones) is 1. The first-order valence-corrected chi connectivity index (χ1v) is 17.4. The highest BCUT2D eigenvalue weighted by Crippen LogP contribution is 2.45. The molecular weight excluding hydrogens is 581 g/mol. The lowest BCUT2D eigenvalue weighted by molar-refractivity contribution is -0.154. The summed E-state index contributed by atoms with van der Waals surface area (Å²) >= 11 is 1.34. The highest BCUT2D eigenvalue weighted by molar-refractivity contribution is 7.55. The number of carbonyl (C=O) groups excluding carboxylic acids is 2. The van der Waals surface area contributed by atoms with Crippen molar-refractivity contribution in [2.24, 2.45) is 23.0 Å². The molecule has 2 fully saturated rings. The number of aliphatic hydroxyl groups is 2. The zero-order valence-corrected chi connectivity index (χ0v) is 27.2. The lowest BCUT2D eigenvalue weighted by atomic mass is 9.73. The van der Waals surface area contributed by atoms with Crippen molar-refractivity contribution in [1.29, 1.82) is 0 Å². The van der Waals surface area contributed by atoms with E-state index in [4.69, 9.17) is 15.2 Å². The molecule has 42 heavy (non-hydrogen) atoms. The standard InChI is InChI=1S/C29H48N3O8PS/c1-17-8-7-9-29(6)23(40-29)13-21(39-25(34)14-22(33)28(4,5)27(36)19(3)26(17)35)18(2)12-20-16-42-24(32-20)15-31-41(37,38)11-10-30/h12,16-17,19,21-23,26,33,35H,7-11,13-15,30H2,1-6H3,(H2,31,37,38)/b18-12+/t17-,19+,21-,22-,23-,26-,29+/m0/s1. The number of esters is 1. The van der Waals surface area contributed by atoms with E-state index in [9.17, 15) is 29.3 Å². The van der Waals surface area contributed by atoms with Crippen LogP contribution in [0, 0.1) is 17.3 Å². The number of hydrogen-bond donors (Lipinski definition) is 5. The molecule has 1 aromatic rings.